The zero-order valence-electron chi connectivity index (χ0n) is 8.11. The van der Waals surface area contributed by atoms with E-state index in [4.69, 9.17) is 34.8 Å². The highest BCUT2D eigenvalue weighted by molar-refractivity contribution is 6.44. The predicted molar refractivity (Wildman–Crippen MR) is 65.0 cm³/mol. The highest BCUT2D eigenvalue weighted by Gasteiger charge is 2.08. The number of hydrogen-bond acceptors (Lipinski definition) is 1. The van der Waals surface area contributed by atoms with Crippen LogP contribution in [-0.4, -0.2) is 5.91 Å². The molecule has 5 heteroatoms. The van der Waals surface area contributed by atoms with Crippen LogP contribution >= 0.6 is 34.8 Å². The van der Waals surface area contributed by atoms with Gasteiger partial charge < -0.3 is 5.32 Å². The summed E-state index contributed by atoms with van der Waals surface area (Å²) in [4.78, 5) is 11.3. The molecule has 0 radical (unpaired) electrons. The van der Waals surface area contributed by atoms with E-state index in [1.165, 1.54) is 6.07 Å². The van der Waals surface area contributed by atoms with Gasteiger partial charge in [-0.3, -0.25) is 4.79 Å². The van der Waals surface area contributed by atoms with Crippen LogP contribution in [0.4, 0.5) is 5.69 Å². The lowest BCUT2D eigenvalue weighted by atomic mass is 10.3. The normalized spacial score (nSPS) is 10.1. The number of halogens is 3. The molecule has 0 fully saturated rings. The Morgan fingerprint density at radius 3 is 2.40 bits per heavy atom. The van der Waals surface area contributed by atoms with E-state index in [9.17, 15) is 4.79 Å². The zero-order chi connectivity index (χ0) is 11.4. The topological polar surface area (TPSA) is 29.1 Å². The Balaban J connectivity index is 2.86. The Bertz CT molecular complexity index is 379. The lowest BCUT2D eigenvalue weighted by molar-refractivity contribution is -0.116. The molecular formula is C10H10Cl3NO. The van der Waals surface area contributed by atoms with Crippen molar-refractivity contribution in [2.24, 2.45) is 0 Å². The third-order valence-electron chi connectivity index (χ3n) is 1.76. The molecule has 1 aromatic carbocycles. The number of carbonyl (C=O) groups is 1. The first-order valence-corrected chi connectivity index (χ1v) is 5.62. The largest absolute Gasteiger partial charge is 0.325 e. The maximum absolute atomic E-state index is 11.3. The van der Waals surface area contributed by atoms with Crippen molar-refractivity contribution >= 4 is 46.4 Å². The number of carbonyl (C=O) groups excluding carboxylic acids is 1. The molecule has 0 aliphatic rings. The van der Waals surface area contributed by atoms with Crippen LogP contribution in [0, 0.1) is 0 Å². The van der Waals surface area contributed by atoms with E-state index in [0.717, 1.165) is 6.42 Å². The fraction of sp³-hybridized carbons (Fsp3) is 0.300. The summed E-state index contributed by atoms with van der Waals surface area (Å²) < 4.78 is 0. The van der Waals surface area contributed by atoms with Crippen molar-refractivity contribution in [1.29, 1.82) is 0 Å². The van der Waals surface area contributed by atoms with Gasteiger partial charge in [0.15, 0.2) is 0 Å². The van der Waals surface area contributed by atoms with Gasteiger partial charge in [0.25, 0.3) is 0 Å². The Kier molecular flexibility index (Phi) is 4.71. The zero-order valence-corrected chi connectivity index (χ0v) is 10.4. The quantitative estimate of drug-likeness (QED) is 0.808. The van der Waals surface area contributed by atoms with Crippen LogP contribution in [0.2, 0.25) is 15.1 Å². The van der Waals surface area contributed by atoms with Gasteiger partial charge in [0.05, 0.1) is 20.8 Å². The van der Waals surface area contributed by atoms with Crippen LogP contribution in [-0.2, 0) is 4.79 Å². The van der Waals surface area contributed by atoms with Gasteiger partial charge in [-0.25, -0.2) is 0 Å². The van der Waals surface area contributed by atoms with Gasteiger partial charge in [-0.2, -0.15) is 0 Å². The van der Waals surface area contributed by atoms with E-state index >= 15 is 0 Å². The summed E-state index contributed by atoms with van der Waals surface area (Å²) in [5, 5.41) is 3.79. The fourth-order valence-corrected chi connectivity index (χ4v) is 1.65. The number of benzene rings is 1. The Morgan fingerprint density at radius 2 is 1.80 bits per heavy atom. The molecule has 0 unspecified atom stereocenters. The molecule has 1 amide bonds. The predicted octanol–water partition coefficient (Wildman–Crippen LogP) is 4.39. The Hall–Kier alpha value is -0.440. The molecule has 0 saturated carbocycles. The number of anilines is 1. The highest BCUT2D eigenvalue weighted by atomic mass is 35.5. The average Bonchev–Trinajstić information content (AvgIpc) is 2.14. The van der Waals surface area contributed by atoms with E-state index < -0.39 is 0 Å². The van der Waals surface area contributed by atoms with Crippen LogP contribution in [0.15, 0.2) is 12.1 Å². The second kappa shape index (κ2) is 5.59. The van der Waals surface area contributed by atoms with Gasteiger partial charge in [0, 0.05) is 6.42 Å². The van der Waals surface area contributed by atoms with Gasteiger partial charge >= 0.3 is 0 Å². The van der Waals surface area contributed by atoms with Crippen molar-refractivity contribution in [2.75, 3.05) is 5.32 Å². The highest BCUT2D eigenvalue weighted by Crippen LogP contribution is 2.32. The molecule has 1 N–H and O–H groups in total. The first-order valence-electron chi connectivity index (χ1n) is 4.49. The first kappa shape index (κ1) is 12.6. The summed E-state index contributed by atoms with van der Waals surface area (Å²) in [6, 6.07) is 3.05. The van der Waals surface area contributed by atoms with E-state index in [1.807, 2.05) is 6.92 Å². The van der Waals surface area contributed by atoms with Gasteiger partial charge in [0.2, 0.25) is 5.91 Å². The minimum atomic E-state index is -0.0854. The minimum absolute atomic E-state index is 0.0854. The van der Waals surface area contributed by atoms with E-state index in [2.05, 4.69) is 5.32 Å². The summed E-state index contributed by atoms with van der Waals surface area (Å²) in [7, 11) is 0. The summed E-state index contributed by atoms with van der Waals surface area (Å²) in [6.45, 7) is 1.93. The first-order chi connectivity index (χ1) is 7.04. The molecule has 0 saturated heterocycles. The van der Waals surface area contributed by atoms with E-state index in [-0.39, 0.29) is 5.91 Å². The van der Waals surface area contributed by atoms with Crippen molar-refractivity contribution in [3.05, 3.63) is 27.2 Å². The van der Waals surface area contributed by atoms with Crippen molar-refractivity contribution in [2.45, 2.75) is 19.8 Å². The van der Waals surface area contributed by atoms with Gasteiger partial charge in [-0.15, -0.1) is 0 Å². The molecule has 0 aliphatic heterocycles. The number of rotatable bonds is 3. The van der Waals surface area contributed by atoms with Crippen molar-refractivity contribution in [1.82, 2.24) is 0 Å². The summed E-state index contributed by atoms with van der Waals surface area (Å²) in [5.74, 6) is -0.0854. The molecule has 0 atom stereocenters. The lowest BCUT2D eigenvalue weighted by Gasteiger charge is -2.07. The second-order valence-electron chi connectivity index (χ2n) is 3.04. The van der Waals surface area contributed by atoms with Crippen molar-refractivity contribution in [3.8, 4) is 0 Å². The second-order valence-corrected chi connectivity index (χ2v) is 4.27. The number of hydrogen-bond donors (Lipinski definition) is 1. The molecule has 82 valence electrons. The molecule has 0 spiro atoms. The standard InChI is InChI=1S/C10H10Cl3NO/c1-2-3-10(15)14-9-5-7(12)6(11)4-8(9)13/h4-5H,2-3H2,1H3,(H,14,15). The molecule has 15 heavy (non-hydrogen) atoms. The molecule has 2 nitrogen and oxygen atoms in total. The third-order valence-corrected chi connectivity index (χ3v) is 2.80. The van der Waals surface area contributed by atoms with Crippen molar-refractivity contribution < 1.29 is 4.79 Å². The monoisotopic (exact) mass is 265 g/mol. The maximum Gasteiger partial charge on any atom is 0.224 e. The van der Waals surface area contributed by atoms with E-state index in [1.54, 1.807) is 6.07 Å². The molecule has 0 aliphatic carbocycles. The molecule has 0 bridgehead atoms. The molecule has 1 aromatic rings. The average molecular weight is 267 g/mol. The van der Waals surface area contributed by atoms with Crippen LogP contribution in [0.25, 0.3) is 0 Å². The SMILES string of the molecule is CCCC(=O)Nc1cc(Cl)c(Cl)cc1Cl. The van der Waals surface area contributed by atoms with Crippen LogP contribution in [0.5, 0.6) is 0 Å². The summed E-state index contributed by atoms with van der Waals surface area (Å²) in [5.41, 5.74) is 0.490. The summed E-state index contributed by atoms with van der Waals surface area (Å²) >= 11 is 17.4. The third kappa shape index (κ3) is 3.56. The Labute approximate surface area is 104 Å². The molecular weight excluding hydrogens is 256 g/mol. The van der Waals surface area contributed by atoms with Crippen LogP contribution < -0.4 is 5.32 Å². The van der Waals surface area contributed by atoms with Gasteiger partial charge in [-0.05, 0) is 18.6 Å². The van der Waals surface area contributed by atoms with Crippen LogP contribution in [0.1, 0.15) is 19.8 Å². The van der Waals surface area contributed by atoms with Crippen molar-refractivity contribution in [3.63, 3.8) is 0 Å². The smallest absolute Gasteiger partial charge is 0.224 e. The van der Waals surface area contributed by atoms with Gasteiger partial charge in [-0.1, -0.05) is 41.7 Å². The van der Waals surface area contributed by atoms with Crippen LogP contribution in [0.3, 0.4) is 0 Å². The van der Waals surface area contributed by atoms with Gasteiger partial charge in [0.1, 0.15) is 0 Å². The van der Waals surface area contributed by atoms with E-state index in [0.29, 0.717) is 27.2 Å². The number of nitrogens with one attached hydrogen (secondary N) is 1. The number of amides is 1. The molecule has 0 heterocycles. The lowest BCUT2D eigenvalue weighted by Crippen LogP contribution is -2.10. The molecule has 1 rings (SSSR count). The Morgan fingerprint density at radius 1 is 1.20 bits per heavy atom. The molecule has 0 aromatic heterocycles. The fourth-order valence-electron chi connectivity index (χ4n) is 1.06. The maximum atomic E-state index is 11.3. The summed E-state index contributed by atoms with van der Waals surface area (Å²) in [6.07, 6.45) is 1.24. The minimum Gasteiger partial charge on any atom is -0.325 e.